The number of aromatic amines is 1. The lowest BCUT2D eigenvalue weighted by Crippen LogP contribution is -2.38. The fourth-order valence-electron chi connectivity index (χ4n) is 4.00. The molecule has 1 saturated heterocycles. The fourth-order valence-corrected chi connectivity index (χ4v) is 4.19. The van der Waals surface area contributed by atoms with Crippen molar-refractivity contribution >= 4 is 17.5 Å². The molecule has 1 aliphatic heterocycles. The van der Waals surface area contributed by atoms with Gasteiger partial charge in [0.2, 0.25) is 5.91 Å². The minimum Gasteiger partial charge on any atom is -0.493 e. The van der Waals surface area contributed by atoms with Crippen LogP contribution in [0.25, 0.3) is 11.4 Å². The normalized spacial score (nSPS) is 14.1. The molecule has 0 aliphatic carbocycles. The third-order valence-electron chi connectivity index (χ3n) is 6.25. The number of hydrogen-bond acceptors (Lipinski definition) is 6. The minimum atomic E-state index is -0.354. The summed E-state index contributed by atoms with van der Waals surface area (Å²) in [6.07, 6.45) is 2.55. The lowest BCUT2D eigenvalue weighted by Gasteiger charge is -2.30. The minimum absolute atomic E-state index is 0.0549. The molecule has 4 rings (SSSR count). The summed E-state index contributed by atoms with van der Waals surface area (Å²) in [5.41, 5.74) is 1.38. The van der Waals surface area contributed by atoms with E-state index in [9.17, 15) is 9.59 Å². The Labute approximate surface area is 209 Å². The zero-order valence-corrected chi connectivity index (χ0v) is 20.7. The molecule has 0 unspecified atom stereocenters. The highest BCUT2D eigenvalue weighted by molar-refractivity contribution is 6.31. The number of carbonyl (C=O) groups excluding carboxylic acids is 1. The number of likely N-dealkylation sites (tertiary alicyclic amines) is 1. The van der Waals surface area contributed by atoms with Crippen molar-refractivity contribution in [2.24, 2.45) is 5.92 Å². The summed E-state index contributed by atoms with van der Waals surface area (Å²) in [6, 6.07) is 12.7. The summed E-state index contributed by atoms with van der Waals surface area (Å²) >= 11 is 6.20. The van der Waals surface area contributed by atoms with E-state index in [1.807, 2.05) is 29.2 Å². The Kier molecular flexibility index (Phi) is 8.02. The molecule has 1 N–H and O–H groups in total. The van der Waals surface area contributed by atoms with Crippen LogP contribution in [0.3, 0.4) is 0 Å². The number of halogens is 1. The van der Waals surface area contributed by atoms with Gasteiger partial charge in [-0.15, -0.1) is 10.2 Å². The van der Waals surface area contributed by atoms with E-state index in [1.54, 1.807) is 25.3 Å². The maximum atomic E-state index is 12.6. The van der Waals surface area contributed by atoms with Crippen molar-refractivity contribution in [2.45, 2.75) is 39.2 Å². The summed E-state index contributed by atoms with van der Waals surface area (Å²) in [4.78, 5) is 29.7. The number of nitrogens with one attached hydrogen (secondary N) is 1. The summed E-state index contributed by atoms with van der Waals surface area (Å²) in [5.74, 6) is 2.05. The third kappa shape index (κ3) is 6.19. The van der Waals surface area contributed by atoms with Crippen LogP contribution in [0.5, 0.6) is 11.5 Å². The number of carbonyl (C=O) groups is 1. The van der Waals surface area contributed by atoms with E-state index in [4.69, 9.17) is 21.1 Å². The van der Waals surface area contributed by atoms with Gasteiger partial charge in [-0.05, 0) is 43.0 Å². The number of rotatable bonds is 8. The van der Waals surface area contributed by atoms with Gasteiger partial charge in [0.15, 0.2) is 17.3 Å². The molecule has 1 fully saturated rings. The largest absolute Gasteiger partial charge is 0.493 e. The molecule has 1 aromatic heterocycles. The number of methoxy groups -OCH3 is 1. The fraction of sp³-hybridized carbons (Fsp3) is 0.385. The van der Waals surface area contributed by atoms with Crippen LogP contribution in [0.15, 0.2) is 47.3 Å². The van der Waals surface area contributed by atoms with Crippen LogP contribution in [0.2, 0.25) is 5.02 Å². The molecule has 35 heavy (non-hydrogen) atoms. The molecular formula is C26H29ClN4O4. The Balaban J connectivity index is 1.41. The van der Waals surface area contributed by atoms with Crippen LogP contribution in [0.4, 0.5) is 0 Å². The number of aromatic nitrogens is 3. The van der Waals surface area contributed by atoms with Crippen LogP contribution in [-0.4, -0.2) is 46.2 Å². The van der Waals surface area contributed by atoms with Gasteiger partial charge >= 0.3 is 0 Å². The van der Waals surface area contributed by atoms with Crippen LogP contribution < -0.4 is 15.0 Å². The summed E-state index contributed by atoms with van der Waals surface area (Å²) in [6.45, 7) is 4.05. The van der Waals surface area contributed by atoms with Crippen molar-refractivity contribution < 1.29 is 14.3 Å². The Hall–Kier alpha value is -3.39. The standard InChI is InChI=1S/C26H29ClN4O4/c1-17-11-13-31(14-12-17)24(32)10-8-21-26(33)28-25(30-29-21)18-7-9-22(23(15-18)34-2)35-16-19-5-3-4-6-20(19)27/h3-7,9,15,17H,8,10-14,16H2,1-2H3,(H,28,30,33). The van der Waals surface area contributed by atoms with Crippen LogP contribution >= 0.6 is 11.6 Å². The number of ether oxygens (including phenoxy) is 2. The van der Waals surface area contributed by atoms with E-state index in [0.717, 1.165) is 31.5 Å². The predicted octanol–water partition coefficient (Wildman–Crippen LogP) is 4.26. The Morgan fingerprint density at radius 3 is 2.63 bits per heavy atom. The molecule has 0 spiro atoms. The quantitative estimate of drug-likeness (QED) is 0.500. The van der Waals surface area contributed by atoms with Crippen LogP contribution in [0, 0.1) is 5.92 Å². The Morgan fingerprint density at radius 2 is 1.91 bits per heavy atom. The van der Waals surface area contributed by atoms with Crippen molar-refractivity contribution in [2.75, 3.05) is 20.2 Å². The number of piperidine rings is 1. The molecular weight excluding hydrogens is 468 g/mol. The van der Waals surface area contributed by atoms with E-state index in [2.05, 4.69) is 22.1 Å². The van der Waals surface area contributed by atoms with Gasteiger partial charge in [-0.25, -0.2) is 0 Å². The zero-order chi connectivity index (χ0) is 24.8. The number of amides is 1. The number of aryl methyl sites for hydroxylation is 1. The molecule has 184 valence electrons. The van der Waals surface area contributed by atoms with E-state index in [-0.39, 0.29) is 36.6 Å². The molecule has 2 heterocycles. The SMILES string of the molecule is COc1cc(-c2nnc(CCC(=O)N3CCC(C)CC3)c(=O)[nH]2)ccc1OCc1ccccc1Cl. The zero-order valence-electron chi connectivity index (χ0n) is 19.9. The molecule has 0 radical (unpaired) electrons. The van der Waals surface area contributed by atoms with Crippen molar-refractivity contribution in [3.63, 3.8) is 0 Å². The molecule has 3 aromatic rings. The number of H-pyrrole nitrogens is 1. The molecule has 9 heteroatoms. The van der Waals surface area contributed by atoms with Gasteiger partial charge in [0, 0.05) is 42.1 Å². The van der Waals surface area contributed by atoms with E-state index in [1.165, 1.54) is 0 Å². The monoisotopic (exact) mass is 496 g/mol. The lowest BCUT2D eigenvalue weighted by atomic mass is 9.99. The third-order valence-corrected chi connectivity index (χ3v) is 6.62. The molecule has 0 atom stereocenters. The van der Waals surface area contributed by atoms with Crippen molar-refractivity contribution in [3.05, 3.63) is 69.1 Å². The molecule has 1 amide bonds. The molecule has 0 bridgehead atoms. The van der Waals surface area contributed by atoms with E-state index in [0.29, 0.717) is 33.8 Å². The highest BCUT2D eigenvalue weighted by Gasteiger charge is 2.20. The van der Waals surface area contributed by atoms with E-state index >= 15 is 0 Å². The number of hydrogen-bond donors (Lipinski definition) is 1. The van der Waals surface area contributed by atoms with Gasteiger partial charge in [-0.3, -0.25) is 9.59 Å². The molecule has 8 nitrogen and oxygen atoms in total. The van der Waals surface area contributed by atoms with Gasteiger partial charge in [-0.1, -0.05) is 36.7 Å². The summed E-state index contributed by atoms with van der Waals surface area (Å²) < 4.78 is 11.4. The van der Waals surface area contributed by atoms with Gasteiger partial charge < -0.3 is 19.4 Å². The van der Waals surface area contributed by atoms with Gasteiger partial charge in [0.05, 0.1) is 7.11 Å². The topological polar surface area (TPSA) is 97.4 Å². The average molecular weight is 497 g/mol. The predicted molar refractivity (Wildman–Crippen MR) is 134 cm³/mol. The second-order valence-electron chi connectivity index (χ2n) is 8.76. The Bertz CT molecular complexity index is 1240. The average Bonchev–Trinajstić information content (AvgIpc) is 2.87. The van der Waals surface area contributed by atoms with Crippen LogP contribution in [-0.2, 0) is 17.8 Å². The first-order chi connectivity index (χ1) is 16.9. The second kappa shape index (κ2) is 11.4. The first kappa shape index (κ1) is 24.7. The van der Waals surface area contributed by atoms with Crippen molar-refractivity contribution in [1.29, 1.82) is 0 Å². The second-order valence-corrected chi connectivity index (χ2v) is 9.17. The number of benzene rings is 2. The van der Waals surface area contributed by atoms with E-state index < -0.39 is 0 Å². The summed E-state index contributed by atoms with van der Waals surface area (Å²) in [5, 5.41) is 8.90. The van der Waals surface area contributed by atoms with Crippen molar-refractivity contribution in [1.82, 2.24) is 20.1 Å². The Morgan fingerprint density at radius 1 is 1.14 bits per heavy atom. The van der Waals surface area contributed by atoms with Crippen molar-refractivity contribution in [3.8, 4) is 22.9 Å². The first-order valence-electron chi connectivity index (χ1n) is 11.7. The summed E-state index contributed by atoms with van der Waals surface area (Å²) in [7, 11) is 1.54. The maximum absolute atomic E-state index is 12.6. The highest BCUT2D eigenvalue weighted by Crippen LogP contribution is 2.32. The smallest absolute Gasteiger partial charge is 0.273 e. The maximum Gasteiger partial charge on any atom is 0.273 e. The highest BCUT2D eigenvalue weighted by atomic mass is 35.5. The number of nitrogens with zero attached hydrogens (tertiary/aromatic N) is 3. The van der Waals surface area contributed by atoms with Gasteiger partial charge in [-0.2, -0.15) is 0 Å². The van der Waals surface area contributed by atoms with Gasteiger partial charge in [0.25, 0.3) is 5.56 Å². The molecule has 2 aromatic carbocycles. The van der Waals surface area contributed by atoms with Gasteiger partial charge in [0.1, 0.15) is 12.3 Å². The lowest BCUT2D eigenvalue weighted by molar-refractivity contribution is -0.132. The molecule has 1 aliphatic rings. The first-order valence-corrected chi connectivity index (χ1v) is 12.1. The molecule has 0 saturated carbocycles. The van der Waals surface area contributed by atoms with Crippen LogP contribution in [0.1, 0.15) is 37.4 Å².